The maximum atomic E-state index is 13.6. The van der Waals surface area contributed by atoms with Gasteiger partial charge in [-0.2, -0.15) is 0 Å². The normalized spacial score (nSPS) is 11.0. The molecule has 1 aromatic heterocycles. The number of pyridine rings is 1. The fourth-order valence-electron chi connectivity index (χ4n) is 2.59. The Labute approximate surface area is 145 Å². The molecule has 0 saturated heterocycles. The van der Waals surface area contributed by atoms with E-state index in [1.165, 1.54) is 13.0 Å². The van der Waals surface area contributed by atoms with Crippen LogP contribution in [0.3, 0.4) is 0 Å². The number of hydrogen-bond acceptors (Lipinski definition) is 4. The van der Waals surface area contributed by atoms with Gasteiger partial charge in [0.1, 0.15) is 5.82 Å². The summed E-state index contributed by atoms with van der Waals surface area (Å²) in [6, 6.07) is 4.90. The van der Waals surface area contributed by atoms with Gasteiger partial charge < -0.3 is 15.9 Å². The average Bonchev–Trinajstić information content (AvgIpc) is 2.57. The zero-order chi connectivity index (χ0) is 19.2. The van der Waals surface area contributed by atoms with Gasteiger partial charge in [-0.1, -0.05) is 0 Å². The first kappa shape index (κ1) is 17.5. The second-order valence-electron chi connectivity index (χ2n) is 5.63. The number of phenolic OH excluding ortho intramolecular Hbond substituents is 2. The summed E-state index contributed by atoms with van der Waals surface area (Å²) in [6.07, 6.45) is 0. The van der Waals surface area contributed by atoms with Crippen molar-refractivity contribution >= 4 is 5.82 Å². The molecule has 0 unspecified atom stereocenters. The Morgan fingerprint density at radius 1 is 0.731 bits per heavy atom. The summed E-state index contributed by atoms with van der Waals surface area (Å²) in [5.41, 5.74) is 6.54. The molecule has 3 aromatic rings. The summed E-state index contributed by atoms with van der Waals surface area (Å²) in [5, 5.41) is 18.4. The van der Waals surface area contributed by atoms with Crippen molar-refractivity contribution in [2.45, 2.75) is 6.92 Å². The quantitative estimate of drug-likeness (QED) is 0.593. The maximum absolute atomic E-state index is 13.6. The smallest absolute Gasteiger partial charge is 0.187 e. The fraction of sp³-hybridized carbons (Fsp3) is 0.0556. The highest BCUT2D eigenvalue weighted by atomic mass is 19.1. The molecule has 0 aliphatic carbocycles. The molecule has 0 saturated carbocycles. The molecule has 0 bridgehead atoms. The third-order valence-corrected chi connectivity index (χ3v) is 3.90. The number of aryl methyl sites for hydroxylation is 1. The first-order chi connectivity index (χ1) is 12.2. The summed E-state index contributed by atoms with van der Waals surface area (Å²) in [5.74, 6) is -7.02. The summed E-state index contributed by atoms with van der Waals surface area (Å²) in [4.78, 5) is 4.05. The number of nitrogen functional groups attached to an aromatic ring is 1. The number of halogens is 4. The van der Waals surface area contributed by atoms with Crippen LogP contribution in [-0.4, -0.2) is 15.2 Å². The number of anilines is 1. The van der Waals surface area contributed by atoms with E-state index >= 15 is 0 Å². The van der Waals surface area contributed by atoms with Crippen molar-refractivity contribution in [2.24, 2.45) is 0 Å². The largest absolute Gasteiger partial charge is 0.503 e. The van der Waals surface area contributed by atoms with Crippen LogP contribution in [0.1, 0.15) is 5.69 Å². The number of benzene rings is 2. The van der Waals surface area contributed by atoms with E-state index in [2.05, 4.69) is 4.98 Å². The van der Waals surface area contributed by atoms with Gasteiger partial charge in [-0.15, -0.1) is 0 Å². The van der Waals surface area contributed by atoms with Crippen molar-refractivity contribution in [1.82, 2.24) is 4.98 Å². The molecule has 0 aliphatic heterocycles. The van der Waals surface area contributed by atoms with Gasteiger partial charge in [0.05, 0.1) is 0 Å². The van der Waals surface area contributed by atoms with E-state index in [9.17, 15) is 27.8 Å². The van der Waals surface area contributed by atoms with Crippen LogP contribution < -0.4 is 5.73 Å². The summed E-state index contributed by atoms with van der Waals surface area (Å²) >= 11 is 0. The van der Waals surface area contributed by atoms with Crippen LogP contribution in [0.4, 0.5) is 23.4 Å². The SMILES string of the molecule is Cc1nc(N)c(-c2cc(F)c(O)c(F)c2)cc1-c1cc(F)c(O)c(F)c1. The molecule has 3 rings (SSSR count). The Kier molecular flexibility index (Phi) is 4.19. The highest BCUT2D eigenvalue weighted by molar-refractivity contribution is 5.81. The maximum Gasteiger partial charge on any atom is 0.187 e. The minimum atomic E-state index is -1.19. The third-order valence-electron chi connectivity index (χ3n) is 3.90. The zero-order valence-corrected chi connectivity index (χ0v) is 13.3. The van der Waals surface area contributed by atoms with Gasteiger partial charge in [0.15, 0.2) is 34.8 Å². The Hall–Kier alpha value is -3.29. The molecule has 4 nitrogen and oxygen atoms in total. The predicted molar refractivity (Wildman–Crippen MR) is 87.4 cm³/mol. The number of rotatable bonds is 2. The molecule has 2 aromatic carbocycles. The van der Waals surface area contributed by atoms with E-state index in [1.54, 1.807) is 0 Å². The van der Waals surface area contributed by atoms with E-state index in [-0.39, 0.29) is 28.1 Å². The molecule has 8 heteroatoms. The number of nitrogens with zero attached hydrogens (tertiary/aromatic N) is 1. The van der Waals surface area contributed by atoms with Crippen molar-refractivity contribution in [2.75, 3.05) is 5.73 Å². The fourth-order valence-corrected chi connectivity index (χ4v) is 2.59. The van der Waals surface area contributed by atoms with Crippen LogP contribution in [0.15, 0.2) is 30.3 Å². The van der Waals surface area contributed by atoms with Crippen LogP contribution >= 0.6 is 0 Å². The minimum absolute atomic E-state index is 0.0104. The molecule has 0 amide bonds. The van der Waals surface area contributed by atoms with E-state index in [0.29, 0.717) is 5.69 Å². The zero-order valence-electron chi connectivity index (χ0n) is 13.3. The lowest BCUT2D eigenvalue weighted by molar-refractivity contribution is 0.396. The Morgan fingerprint density at radius 2 is 1.12 bits per heavy atom. The topological polar surface area (TPSA) is 79.4 Å². The van der Waals surface area contributed by atoms with Crippen LogP contribution in [-0.2, 0) is 0 Å². The van der Waals surface area contributed by atoms with Crippen molar-refractivity contribution in [3.63, 3.8) is 0 Å². The van der Waals surface area contributed by atoms with Gasteiger partial charge in [-0.3, -0.25) is 0 Å². The highest BCUT2D eigenvalue weighted by Gasteiger charge is 2.17. The van der Waals surface area contributed by atoms with Crippen LogP contribution in [0.25, 0.3) is 22.3 Å². The van der Waals surface area contributed by atoms with Gasteiger partial charge in [-0.25, -0.2) is 22.5 Å². The molecule has 0 atom stereocenters. The van der Waals surface area contributed by atoms with Gasteiger partial charge in [0.25, 0.3) is 0 Å². The number of aromatic hydroxyl groups is 2. The molecule has 0 spiro atoms. The second kappa shape index (κ2) is 6.21. The van der Waals surface area contributed by atoms with Gasteiger partial charge in [0.2, 0.25) is 0 Å². The van der Waals surface area contributed by atoms with E-state index in [4.69, 9.17) is 5.73 Å². The molecule has 1 heterocycles. The lowest BCUT2D eigenvalue weighted by Gasteiger charge is -2.13. The number of aromatic nitrogens is 1. The van der Waals surface area contributed by atoms with Crippen LogP contribution in [0.2, 0.25) is 0 Å². The molecule has 0 fully saturated rings. The minimum Gasteiger partial charge on any atom is -0.503 e. The Bertz CT molecular complexity index is 913. The van der Waals surface area contributed by atoms with E-state index in [1.807, 2.05) is 0 Å². The first-order valence-electron chi connectivity index (χ1n) is 7.33. The van der Waals surface area contributed by atoms with Crippen molar-refractivity contribution in [1.29, 1.82) is 0 Å². The van der Waals surface area contributed by atoms with Gasteiger partial charge >= 0.3 is 0 Å². The molecular formula is C18H12F4N2O2. The molecule has 26 heavy (non-hydrogen) atoms. The average molecular weight is 364 g/mol. The summed E-state index contributed by atoms with van der Waals surface area (Å²) in [7, 11) is 0. The van der Waals surface area contributed by atoms with Crippen molar-refractivity contribution in [3.05, 3.63) is 59.3 Å². The second-order valence-corrected chi connectivity index (χ2v) is 5.63. The van der Waals surface area contributed by atoms with Crippen LogP contribution in [0.5, 0.6) is 11.5 Å². The standard InChI is InChI=1S/C18H12F4N2O2/c1-7-10(8-2-12(19)16(25)13(20)3-8)6-11(18(23)24-7)9-4-14(21)17(26)15(22)5-9/h2-6,25-26H,1H3,(H2,23,24). The van der Waals surface area contributed by atoms with Gasteiger partial charge in [-0.05, 0) is 48.4 Å². The van der Waals surface area contributed by atoms with Crippen molar-refractivity contribution in [3.8, 4) is 33.8 Å². The van der Waals surface area contributed by atoms with E-state index < -0.39 is 34.8 Å². The Balaban J connectivity index is 2.23. The molecule has 0 radical (unpaired) electrons. The predicted octanol–water partition coefficient (Wildman–Crippen LogP) is 4.27. The Morgan fingerprint density at radius 3 is 1.54 bits per heavy atom. The van der Waals surface area contributed by atoms with Crippen molar-refractivity contribution < 1.29 is 27.8 Å². The number of phenols is 2. The van der Waals surface area contributed by atoms with Gasteiger partial charge in [0, 0.05) is 16.8 Å². The summed E-state index contributed by atoms with van der Waals surface area (Å²) < 4.78 is 54.6. The molecule has 134 valence electrons. The summed E-state index contributed by atoms with van der Waals surface area (Å²) in [6.45, 7) is 1.54. The number of nitrogens with two attached hydrogens (primary N) is 1. The lowest BCUT2D eigenvalue weighted by atomic mass is 9.98. The monoisotopic (exact) mass is 364 g/mol. The molecule has 0 aliphatic rings. The highest BCUT2D eigenvalue weighted by Crippen LogP contribution is 2.36. The van der Waals surface area contributed by atoms with E-state index in [0.717, 1.165) is 24.3 Å². The lowest BCUT2D eigenvalue weighted by Crippen LogP contribution is -2.00. The third kappa shape index (κ3) is 2.90. The molecule has 4 N–H and O–H groups in total. The first-order valence-corrected chi connectivity index (χ1v) is 7.33. The number of hydrogen-bond donors (Lipinski definition) is 3. The van der Waals surface area contributed by atoms with Crippen LogP contribution in [0, 0.1) is 30.2 Å². The molecular weight excluding hydrogens is 352 g/mol.